The van der Waals surface area contributed by atoms with Gasteiger partial charge in [0.05, 0.1) is 0 Å². The number of ether oxygens (including phenoxy) is 1. The first-order valence-corrected chi connectivity index (χ1v) is 6.10. The minimum Gasteiger partial charge on any atom is -0.440 e. The van der Waals surface area contributed by atoms with Crippen LogP contribution >= 0.6 is 0 Å². The molecule has 0 aromatic heterocycles. The maximum Gasteiger partial charge on any atom is 0.425 e. The summed E-state index contributed by atoms with van der Waals surface area (Å²) in [7, 11) is 3.76. The standard InChI is InChI=1S/C13H22N2O2/c1-9(2)10-7-8-12(3)13(10,4)15(14(5)6)11(16)17-12/h10H,1,7-8H2,2-6H3/t10-,12+,13+/m0/s1. The van der Waals surface area contributed by atoms with E-state index in [9.17, 15) is 4.79 Å². The Morgan fingerprint density at radius 2 is 2.12 bits per heavy atom. The number of rotatable bonds is 2. The normalized spacial score (nSPS) is 40.7. The quantitative estimate of drug-likeness (QED) is 0.693. The molecule has 3 atom stereocenters. The van der Waals surface area contributed by atoms with Gasteiger partial charge >= 0.3 is 6.09 Å². The number of hydrogen-bond donors (Lipinski definition) is 0. The van der Waals surface area contributed by atoms with Crippen molar-refractivity contribution in [2.45, 2.75) is 44.8 Å². The minimum atomic E-state index is -0.405. The van der Waals surface area contributed by atoms with Crippen LogP contribution in [0.3, 0.4) is 0 Å². The molecule has 17 heavy (non-hydrogen) atoms. The highest BCUT2D eigenvalue weighted by molar-refractivity contribution is 5.73. The molecule has 0 aromatic carbocycles. The van der Waals surface area contributed by atoms with Gasteiger partial charge < -0.3 is 4.74 Å². The molecule has 0 N–H and O–H groups in total. The van der Waals surface area contributed by atoms with Gasteiger partial charge in [-0.1, -0.05) is 12.2 Å². The van der Waals surface area contributed by atoms with Crippen molar-refractivity contribution < 1.29 is 9.53 Å². The molecule has 1 saturated carbocycles. The first-order chi connectivity index (χ1) is 7.74. The molecule has 2 fully saturated rings. The van der Waals surface area contributed by atoms with Gasteiger partial charge in [0.15, 0.2) is 0 Å². The molecule has 4 heteroatoms. The lowest BCUT2D eigenvalue weighted by molar-refractivity contribution is -0.0429. The first kappa shape index (κ1) is 12.4. The molecule has 1 amide bonds. The molecule has 1 heterocycles. The lowest BCUT2D eigenvalue weighted by Gasteiger charge is -2.43. The summed E-state index contributed by atoms with van der Waals surface area (Å²) in [5.74, 6) is 0.293. The average molecular weight is 238 g/mol. The molecule has 4 nitrogen and oxygen atoms in total. The van der Waals surface area contributed by atoms with E-state index in [1.807, 2.05) is 33.0 Å². The fraction of sp³-hybridized carbons (Fsp3) is 0.769. The third-order valence-electron chi connectivity index (χ3n) is 4.58. The van der Waals surface area contributed by atoms with Gasteiger partial charge in [-0.25, -0.2) is 14.8 Å². The predicted molar refractivity (Wildman–Crippen MR) is 66.4 cm³/mol. The third kappa shape index (κ3) is 1.36. The molecule has 0 aromatic rings. The van der Waals surface area contributed by atoms with Crippen LogP contribution in [0.1, 0.15) is 33.6 Å². The van der Waals surface area contributed by atoms with Gasteiger partial charge in [0.2, 0.25) is 0 Å². The molecule has 1 saturated heterocycles. The molecule has 0 radical (unpaired) electrons. The number of hydrogen-bond acceptors (Lipinski definition) is 3. The van der Waals surface area contributed by atoms with Crippen molar-refractivity contribution in [1.29, 1.82) is 0 Å². The summed E-state index contributed by atoms with van der Waals surface area (Å²) in [5.41, 5.74) is 0.401. The number of nitrogens with zero attached hydrogens (tertiary/aromatic N) is 2. The summed E-state index contributed by atoms with van der Waals surface area (Å²) in [6.45, 7) is 10.3. The number of hydrazine groups is 1. The fourth-order valence-electron chi connectivity index (χ4n) is 3.58. The van der Waals surface area contributed by atoms with E-state index in [-0.39, 0.29) is 11.6 Å². The summed E-state index contributed by atoms with van der Waals surface area (Å²) in [5, 5.41) is 3.58. The van der Waals surface area contributed by atoms with Crippen LogP contribution in [0.5, 0.6) is 0 Å². The SMILES string of the molecule is C=C(C)[C@@H]1CC[C@@]2(C)OC(=O)N(N(C)C)[C@]12C. The number of amides is 1. The van der Waals surface area contributed by atoms with Crippen molar-refractivity contribution in [2.24, 2.45) is 5.92 Å². The van der Waals surface area contributed by atoms with Crippen molar-refractivity contribution in [2.75, 3.05) is 14.1 Å². The van der Waals surface area contributed by atoms with Crippen LogP contribution in [-0.4, -0.2) is 41.3 Å². The van der Waals surface area contributed by atoms with E-state index in [1.165, 1.54) is 0 Å². The largest absolute Gasteiger partial charge is 0.440 e. The second-order valence-electron chi connectivity index (χ2n) is 5.84. The summed E-state index contributed by atoms with van der Waals surface area (Å²) in [6, 6.07) is 0. The third-order valence-corrected chi connectivity index (χ3v) is 4.58. The van der Waals surface area contributed by atoms with Crippen LogP contribution in [0.25, 0.3) is 0 Å². The fourth-order valence-corrected chi connectivity index (χ4v) is 3.58. The zero-order valence-electron chi connectivity index (χ0n) is 11.4. The van der Waals surface area contributed by atoms with E-state index >= 15 is 0 Å². The Kier molecular flexibility index (Phi) is 2.54. The van der Waals surface area contributed by atoms with Crippen molar-refractivity contribution in [1.82, 2.24) is 10.0 Å². The number of carbonyl (C=O) groups excluding carboxylic acids is 1. The van der Waals surface area contributed by atoms with Gasteiger partial charge in [-0.15, -0.1) is 0 Å². The predicted octanol–water partition coefficient (Wildman–Crippen LogP) is 2.42. The van der Waals surface area contributed by atoms with E-state index in [0.29, 0.717) is 5.92 Å². The van der Waals surface area contributed by atoms with E-state index in [0.717, 1.165) is 18.4 Å². The molecule has 2 aliphatic rings. The van der Waals surface area contributed by atoms with Crippen molar-refractivity contribution in [3.8, 4) is 0 Å². The van der Waals surface area contributed by atoms with Crippen LogP contribution in [-0.2, 0) is 4.74 Å². The smallest absolute Gasteiger partial charge is 0.425 e. The molecule has 1 aliphatic heterocycles. The zero-order chi connectivity index (χ0) is 13.0. The molecule has 1 aliphatic carbocycles. The maximum absolute atomic E-state index is 12.0. The second kappa shape index (κ2) is 3.48. The molecular weight excluding hydrogens is 216 g/mol. The summed E-state index contributed by atoms with van der Waals surface area (Å²) < 4.78 is 5.63. The van der Waals surface area contributed by atoms with Crippen LogP contribution in [0.2, 0.25) is 0 Å². The Morgan fingerprint density at radius 3 is 2.59 bits per heavy atom. The monoisotopic (exact) mass is 238 g/mol. The van der Waals surface area contributed by atoms with Gasteiger partial charge in [0, 0.05) is 20.0 Å². The highest BCUT2D eigenvalue weighted by atomic mass is 16.6. The highest BCUT2D eigenvalue weighted by Crippen LogP contribution is 2.55. The molecule has 2 rings (SSSR count). The average Bonchev–Trinajstić information content (AvgIpc) is 2.48. The first-order valence-electron chi connectivity index (χ1n) is 6.10. The van der Waals surface area contributed by atoms with Crippen LogP contribution in [0, 0.1) is 5.92 Å². The maximum atomic E-state index is 12.0. The number of fused-ring (bicyclic) bond motifs is 1. The van der Waals surface area contributed by atoms with Crippen LogP contribution < -0.4 is 0 Å². The lowest BCUT2D eigenvalue weighted by Crippen LogP contribution is -2.59. The Balaban J connectivity index is 2.50. The molecule has 0 bridgehead atoms. The topological polar surface area (TPSA) is 32.8 Å². The molecule has 96 valence electrons. The van der Waals surface area contributed by atoms with E-state index < -0.39 is 5.60 Å². The summed E-state index contributed by atoms with van der Waals surface area (Å²) in [6.07, 6.45) is 1.68. The van der Waals surface area contributed by atoms with E-state index in [2.05, 4.69) is 13.5 Å². The molecule has 0 spiro atoms. The van der Waals surface area contributed by atoms with Gasteiger partial charge in [-0.3, -0.25) is 0 Å². The summed E-state index contributed by atoms with van der Waals surface area (Å²) in [4.78, 5) is 12.0. The minimum absolute atomic E-state index is 0.244. The summed E-state index contributed by atoms with van der Waals surface area (Å²) >= 11 is 0. The molecular formula is C13H22N2O2. The van der Waals surface area contributed by atoms with Gasteiger partial charge in [0.1, 0.15) is 11.1 Å². The van der Waals surface area contributed by atoms with Crippen LogP contribution in [0.15, 0.2) is 12.2 Å². The van der Waals surface area contributed by atoms with Crippen molar-refractivity contribution >= 4 is 6.09 Å². The second-order valence-corrected chi connectivity index (χ2v) is 5.84. The van der Waals surface area contributed by atoms with Gasteiger partial charge in [-0.05, 0) is 33.6 Å². The Hall–Kier alpha value is -1.03. The Bertz CT molecular complexity index is 380. The van der Waals surface area contributed by atoms with E-state index in [4.69, 9.17) is 4.74 Å². The zero-order valence-corrected chi connectivity index (χ0v) is 11.4. The van der Waals surface area contributed by atoms with Crippen LogP contribution in [0.4, 0.5) is 4.79 Å². The van der Waals surface area contributed by atoms with E-state index in [1.54, 1.807) is 5.01 Å². The Morgan fingerprint density at radius 1 is 1.53 bits per heavy atom. The number of carbonyl (C=O) groups is 1. The lowest BCUT2D eigenvalue weighted by atomic mass is 9.77. The molecule has 0 unspecified atom stereocenters. The Labute approximate surface area is 103 Å². The highest BCUT2D eigenvalue weighted by Gasteiger charge is 2.67. The van der Waals surface area contributed by atoms with Crippen molar-refractivity contribution in [3.63, 3.8) is 0 Å². The van der Waals surface area contributed by atoms with Crippen molar-refractivity contribution in [3.05, 3.63) is 12.2 Å². The van der Waals surface area contributed by atoms with Gasteiger partial charge in [0.25, 0.3) is 0 Å². The van der Waals surface area contributed by atoms with Gasteiger partial charge in [-0.2, -0.15) is 0 Å².